The number of rotatable bonds is 6. The van der Waals surface area contributed by atoms with Crippen LogP contribution in [0.5, 0.6) is 0 Å². The first-order chi connectivity index (χ1) is 14.0. The molecule has 1 aromatic heterocycles. The van der Waals surface area contributed by atoms with Crippen LogP contribution in [0.2, 0.25) is 0 Å². The molecule has 0 fully saturated rings. The average Bonchev–Trinajstić information content (AvgIpc) is 2.60. The third-order valence-corrected chi connectivity index (χ3v) is 7.34. The summed E-state index contributed by atoms with van der Waals surface area (Å²) in [6.45, 7) is 7.10. The summed E-state index contributed by atoms with van der Waals surface area (Å²) in [6, 6.07) is 10.7. The van der Waals surface area contributed by atoms with Crippen LogP contribution < -0.4 is 9.44 Å². The Balaban J connectivity index is 1.84. The van der Waals surface area contributed by atoms with Gasteiger partial charge in [0.25, 0.3) is 20.0 Å². The number of hydrogen-bond donors (Lipinski definition) is 2. The van der Waals surface area contributed by atoms with Crippen molar-refractivity contribution in [3.05, 3.63) is 71.0 Å². The van der Waals surface area contributed by atoms with Crippen molar-refractivity contribution in [1.82, 2.24) is 9.97 Å². The summed E-state index contributed by atoms with van der Waals surface area (Å²) in [4.78, 5) is 8.06. The first-order valence-electron chi connectivity index (χ1n) is 9.01. The fourth-order valence-electron chi connectivity index (χ4n) is 3.18. The van der Waals surface area contributed by atoms with E-state index in [0.29, 0.717) is 16.8 Å². The van der Waals surface area contributed by atoms with E-state index in [4.69, 9.17) is 0 Å². The molecule has 10 heteroatoms. The third kappa shape index (κ3) is 4.77. The molecule has 0 bridgehead atoms. The normalized spacial score (nSPS) is 11.9. The van der Waals surface area contributed by atoms with Crippen molar-refractivity contribution in [1.29, 1.82) is 0 Å². The minimum atomic E-state index is -3.91. The molecule has 8 nitrogen and oxygen atoms in total. The molecule has 0 aliphatic heterocycles. The monoisotopic (exact) mass is 446 g/mol. The molecule has 0 aliphatic rings. The summed E-state index contributed by atoms with van der Waals surface area (Å²) in [5, 5.41) is 0. The largest absolute Gasteiger partial charge is 0.280 e. The van der Waals surface area contributed by atoms with E-state index >= 15 is 0 Å². The summed E-state index contributed by atoms with van der Waals surface area (Å²) in [7, 11) is -7.74. The fourth-order valence-corrected chi connectivity index (χ4v) is 5.64. The topological polar surface area (TPSA) is 118 Å². The highest BCUT2D eigenvalue weighted by atomic mass is 32.2. The zero-order valence-corrected chi connectivity index (χ0v) is 18.6. The minimum absolute atomic E-state index is 0.0369. The Kier molecular flexibility index (Phi) is 5.82. The second-order valence-electron chi connectivity index (χ2n) is 6.98. The molecule has 30 heavy (non-hydrogen) atoms. The van der Waals surface area contributed by atoms with Gasteiger partial charge in [-0.05, 0) is 69.2 Å². The number of nitrogens with zero attached hydrogens (tertiary/aromatic N) is 2. The van der Waals surface area contributed by atoms with Crippen LogP contribution in [-0.2, 0) is 20.0 Å². The van der Waals surface area contributed by atoms with E-state index in [1.54, 1.807) is 39.0 Å². The molecule has 3 aromatic rings. The number of aryl methyl sites for hydroxylation is 4. The van der Waals surface area contributed by atoms with Crippen LogP contribution in [-0.4, -0.2) is 26.8 Å². The Morgan fingerprint density at radius 1 is 0.767 bits per heavy atom. The van der Waals surface area contributed by atoms with Gasteiger partial charge < -0.3 is 0 Å². The zero-order chi connectivity index (χ0) is 22.1. The van der Waals surface area contributed by atoms with E-state index in [0.717, 1.165) is 5.56 Å². The molecule has 0 aliphatic carbocycles. The first kappa shape index (κ1) is 21.7. The van der Waals surface area contributed by atoms with Crippen molar-refractivity contribution in [3.63, 3.8) is 0 Å². The Hall–Kier alpha value is -2.98. The van der Waals surface area contributed by atoms with Crippen molar-refractivity contribution in [2.75, 3.05) is 9.44 Å². The second-order valence-corrected chi connectivity index (χ2v) is 10.3. The Morgan fingerprint density at radius 2 is 1.37 bits per heavy atom. The van der Waals surface area contributed by atoms with Crippen molar-refractivity contribution in [2.45, 2.75) is 37.5 Å². The van der Waals surface area contributed by atoms with Gasteiger partial charge in [-0.15, -0.1) is 0 Å². The lowest BCUT2D eigenvalue weighted by atomic mass is 10.1. The lowest BCUT2D eigenvalue weighted by Crippen LogP contribution is -2.17. The zero-order valence-electron chi connectivity index (χ0n) is 17.0. The molecule has 2 N–H and O–H groups in total. The Bertz CT molecular complexity index is 1280. The Labute approximate surface area is 176 Å². The lowest BCUT2D eigenvalue weighted by molar-refractivity contribution is 0.599. The predicted octanol–water partition coefficient (Wildman–Crippen LogP) is 3.31. The van der Waals surface area contributed by atoms with Crippen LogP contribution in [0.25, 0.3) is 0 Å². The van der Waals surface area contributed by atoms with E-state index in [1.807, 2.05) is 6.92 Å². The van der Waals surface area contributed by atoms with Crippen LogP contribution in [0.1, 0.15) is 22.4 Å². The van der Waals surface area contributed by atoms with Crippen molar-refractivity contribution >= 4 is 31.7 Å². The highest BCUT2D eigenvalue weighted by Gasteiger charge is 2.21. The van der Waals surface area contributed by atoms with Gasteiger partial charge in [-0.2, -0.15) is 0 Å². The van der Waals surface area contributed by atoms with Crippen LogP contribution in [0, 0.1) is 27.7 Å². The van der Waals surface area contributed by atoms with Crippen LogP contribution in [0.3, 0.4) is 0 Å². The molecule has 0 radical (unpaired) electrons. The van der Waals surface area contributed by atoms with E-state index in [2.05, 4.69) is 19.4 Å². The molecular weight excluding hydrogens is 424 g/mol. The first-order valence-corrected chi connectivity index (χ1v) is 12.0. The molecular formula is C20H22N4O4S2. The smallest absolute Gasteiger partial charge is 0.264 e. The van der Waals surface area contributed by atoms with Gasteiger partial charge in [-0.3, -0.25) is 4.72 Å². The average molecular weight is 447 g/mol. The summed E-state index contributed by atoms with van der Waals surface area (Å²) < 4.78 is 55.6. The molecule has 158 valence electrons. The van der Waals surface area contributed by atoms with E-state index in [9.17, 15) is 16.8 Å². The number of anilines is 2. The minimum Gasteiger partial charge on any atom is -0.280 e. The molecule has 3 rings (SSSR count). The molecule has 0 atom stereocenters. The summed E-state index contributed by atoms with van der Waals surface area (Å²) in [5.74, 6) is -0.0369. The summed E-state index contributed by atoms with van der Waals surface area (Å²) in [5.41, 5.74) is 3.13. The SMILES string of the molecule is Cc1cc(C)c(S(=O)(=O)Nc2ccc(S(=O)(=O)Nc3nccc(C)n3)cc2)c(C)c1. The van der Waals surface area contributed by atoms with Crippen molar-refractivity contribution in [2.24, 2.45) is 0 Å². The predicted molar refractivity (Wildman–Crippen MR) is 115 cm³/mol. The maximum atomic E-state index is 12.9. The number of benzene rings is 2. The number of sulfonamides is 2. The van der Waals surface area contributed by atoms with Gasteiger partial charge >= 0.3 is 0 Å². The maximum absolute atomic E-state index is 12.9. The third-order valence-electron chi connectivity index (χ3n) is 4.31. The van der Waals surface area contributed by atoms with Gasteiger partial charge in [0.05, 0.1) is 9.79 Å². The van der Waals surface area contributed by atoms with Gasteiger partial charge in [-0.1, -0.05) is 17.7 Å². The van der Waals surface area contributed by atoms with Gasteiger partial charge in [-0.25, -0.2) is 31.5 Å². The standard InChI is InChI=1S/C20H22N4O4S2/c1-13-11-14(2)19(15(3)12-13)30(27,28)23-17-5-7-18(8-6-17)29(25,26)24-20-21-10-9-16(4)22-20/h5-12,23H,1-4H3,(H,21,22,24). The van der Waals surface area contributed by atoms with E-state index < -0.39 is 20.0 Å². The summed E-state index contributed by atoms with van der Waals surface area (Å²) in [6.07, 6.45) is 1.45. The lowest BCUT2D eigenvalue weighted by Gasteiger charge is -2.14. The molecule has 1 heterocycles. The van der Waals surface area contributed by atoms with Gasteiger partial charge in [0.1, 0.15) is 0 Å². The van der Waals surface area contributed by atoms with Crippen LogP contribution in [0.4, 0.5) is 11.6 Å². The molecule has 0 unspecified atom stereocenters. The highest BCUT2D eigenvalue weighted by Crippen LogP contribution is 2.25. The van der Waals surface area contributed by atoms with E-state index in [-0.39, 0.29) is 21.4 Å². The maximum Gasteiger partial charge on any atom is 0.264 e. The van der Waals surface area contributed by atoms with Crippen molar-refractivity contribution < 1.29 is 16.8 Å². The van der Waals surface area contributed by atoms with Crippen LogP contribution >= 0.6 is 0 Å². The van der Waals surface area contributed by atoms with Gasteiger partial charge in [0.2, 0.25) is 5.95 Å². The quantitative estimate of drug-likeness (QED) is 0.600. The van der Waals surface area contributed by atoms with Gasteiger partial charge in [0.15, 0.2) is 0 Å². The molecule has 0 amide bonds. The molecule has 0 saturated heterocycles. The molecule has 0 spiro atoms. The molecule has 2 aromatic carbocycles. The van der Waals surface area contributed by atoms with Crippen molar-refractivity contribution in [3.8, 4) is 0 Å². The number of hydrogen-bond acceptors (Lipinski definition) is 6. The summed E-state index contributed by atoms with van der Waals surface area (Å²) >= 11 is 0. The highest BCUT2D eigenvalue weighted by molar-refractivity contribution is 7.93. The van der Waals surface area contributed by atoms with E-state index in [1.165, 1.54) is 30.5 Å². The number of nitrogens with one attached hydrogen (secondary N) is 2. The van der Waals surface area contributed by atoms with Gasteiger partial charge in [0, 0.05) is 17.6 Å². The fraction of sp³-hybridized carbons (Fsp3) is 0.200. The Morgan fingerprint density at radius 3 is 1.93 bits per heavy atom. The number of aromatic nitrogens is 2. The second kappa shape index (κ2) is 8.04. The van der Waals surface area contributed by atoms with Crippen LogP contribution in [0.15, 0.2) is 58.5 Å². The molecule has 0 saturated carbocycles.